The second-order valence-corrected chi connectivity index (χ2v) is 16.1. The maximum absolute atomic E-state index is 13.1. The molecule has 51 heavy (non-hydrogen) atoms. The van der Waals surface area contributed by atoms with E-state index >= 15 is 0 Å². The molecule has 0 aliphatic carbocycles. The van der Waals surface area contributed by atoms with Crippen molar-refractivity contribution in [3.8, 4) is 0 Å². The highest BCUT2D eigenvalue weighted by Gasteiger charge is 2.52. The lowest BCUT2D eigenvalue weighted by Crippen LogP contribution is -2.47. The monoisotopic (exact) mass is 719 g/mol. The van der Waals surface area contributed by atoms with Crippen LogP contribution in [0, 0.1) is 16.0 Å². The van der Waals surface area contributed by atoms with E-state index in [1.54, 1.807) is 24.3 Å². The van der Waals surface area contributed by atoms with Crippen molar-refractivity contribution in [3.05, 3.63) is 88.0 Å². The topological polar surface area (TPSA) is 153 Å². The van der Waals surface area contributed by atoms with Gasteiger partial charge in [-0.25, -0.2) is 13.1 Å². The molecular formula is C36H46BN5O8S. The van der Waals surface area contributed by atoms with Crippen molar-refractivity contribution in [2.24, 2.45) is 5.92 Å². The third-order valence-corrected chi connectivity index (χ3v) is 11.8. The molecule has 2 N–H and O–H groups in total. The molecule has 15 heteroatoms. The van der Waals surface area contributed by atoms with Gasteiger partial charge < -0.3 is 24.3 Å². The molecule has 13 nitrogen and oxygen atoms in total. The molecule has 3 aliphatic rings. The summed E-state index contributed by atoms with van der Waals surface area (Å²) in [4.78, 5) is 28.4. The van der Waals surface area contributed by atoms with Crippen LogP contribution in [-0.4, -0.2) is 88.4 Å². The Morgan fingerprint density at radius 2 is 1.59 bits per heavy atom. The molecule has 3 aromatic carbocycles. The van der Waals surface area contributed by atoms with E-state index in [4.69, 9.17) is 14.0 Å². The standard InChI is InChI=1S/C36H46BN5O8S/c1-35(2)36(3,4)50-37(49-35)31-8-6-5-7-28(31)25-40-17-19-41(20-18-40)29-11-9-27(10-12-29)34(43)39-51(46,47)30-13-14-32(33(23-30)42(44)45)38-24-26-15-21-48-22-16-26/h5-14,23,26,38H,15-22,24-25H2,1-4H3,(H,39,43). The molecule has 1 amide bonds. The number of nitrogens with one attached hydrogen (secondary N) is 2. The maximum Gasteiger partial charge on any atom is 0.495 e. The predicted octanol–water partition coefficient (Wildman–Crippen LogP) is 4.17. The van der Waals surface area contributed by atoms with E-state index in [2.05, 4.69) is 59.7 Å². The summed E-state index contributed by atoms with van der Waals surface area (Å²) in [6.45, 7) is 14.0. The largest absolute Gasteiger partial charge is 0.495 e. The first-order valence-electron chi connectivity index (χ1n) is 17.4. The van der Waals surface area contributed by atoms with Crippen molar-refractivity contribution in [2.45, 2.75) is 63.2 Å². The Kier molecular flexibility index (Phi) is 10.8. The highest BCUT2D eigenvalue weighted by Crippen LogP contribution is 2.37. The molecule has 3 saturated heterocycles. The van der Waals surface area contributed by atoms with Crippen LogP contribution in [0.3, 0.4) is 0 Å². The van der Waals surface area contributed by atoms with E-state index in [-0.39, 0.29) is 21.8 Å². The molecule has 0 radical (unpaired) electrons. The number of hydrogen-bond acceptors (Lipinski definition) is 11. The van der Waals surface area contributed by atoms with Gasteiger partial charge in [0, 0.05) is 69.8 Å². The Bertz CT molecular complexity index is 1830. The SMILES string of the molecule is CC1(C)OB(c2ccccc2CN2CCN(c3ccc(C(=O)NS(=O)(=O)c4ccc(NCC5CCOCC5)c([N+](=O)[O-])c4)cc3)CC2)OC1(C)C. The summed E-state index contributed by atoms with van der Waals surface area (Å²) in [6.07, 6.45) is 1.69. The minimum atomic E-state index is -4.38. The van der Waals surface area contributed by atoms with E-state index in [1.165, 1.54) is 17.7 Å². The zero-order valence-corrected chi connectivity index (χ0v) is 30.4. The van der Waals surface area contributed by atoms with Crippen LogP contribution in [-0.2, 0) is 30.6 Å². The van der Waals surface area contributed by atoms with Gasteiger partial charge in [-0.2, -0.15) is 0 Å². The highest BCUT2D eigenvalue weighted by molar-refractivity contribution is 7.90. The minimum absolute atomic E-state index is 0.157. The van der Waals surface area contributed by atoms with Gasteiger partial charge in [0.25, 0.3) is 21.6 Å². The third-order valence-electron chi connectivity index (χ3n) is 10.4. The predicted molar refractivity (Wildman–Crippen MR) is 196 cm³/mol. The van der Waals surface area contributed by atoms with Crippen LogP contribution in [0.25, 0.3) is 0 Å². The van der Waals surface area contributed by atoms with E-state index in [0.29, 0.717) is 25.7 Å². The zero-order valence-electron chi connectivity index (χ0n) is 29.6. The summed E-state index contributed by atoms with van der Waals surface area (Å²) in [5.74, 6) is -0.518. The summed E-state index contributed by atoms with van der Waals surface area (Å²) in [5.41, 5.74) is 2.30. The van der Waals surface area contributed by atoms with Crippen LogP contribution in [0.2, 0.25) is 0 Å². The van der Waals surface area contributed by atoms with E-state index in [9.17, 15) is 23.3 Å². The number of benzene rings is 3. The molecular weight excluding hydrogens is 673 g/mol. The molecule has 3 heterocycles. The first-order chi connectivity index (χ1) is 24.2. The number of nitro groups is 1. The van der Waals surface area contributed by atoms with Crippen LogP contribution >= 0.6 is 0 Å². The molecule has 3 aliphatic heterocycles. The summed E-state index contributed by atoms with van der Waals surface area (Å²) in [6, 6.07) is 18.6. The van der Waals surface area contributed by atoms with Gasteiger partial charge in [-0.1, -0.05) is 24.3 Å². The van der Waals surface area contributed by atoms with Crippen molar-refractivity contribution in [1.29, 1.82) is 0 Å². The fourth-order valence-corrected chi connectivity index (χ4v) is 7.52. The van der Waals surface area contributed by atoms with Gasteiger partial charge in [-0.05, 0) is 93.9 Å². The Morgan fingerprint density at radius 3 is 2.24 bits per heavy atom. The lowest BCUT2D eigenvalue weighted by molar-refractivity contribution is -0.384. The van der Waals surface area contributed by atoms with Crippen LogP contribution in [0.5, 0.6) is 0 Å². The number of amides is 1. The number of carbonyl (C=O) groups is 1. The quantitative estimate of drug-likeness (QED) is 0.167. The minimum Gasteiger partial charge on any atom is -0.399 e. The normalized spacial score (nSPS) is 19.5. The number of rotatable bonds is 11. The van der Waals surface area contributed by atoms with Gasteiger partial charge in [-0.3, -0.25) is 19.8 Å². The molecule has 0 unspecified atom stereocenters. The fourth-order valence-electron chi connectivity index (χ4n) is 6.53. The number of sulfonamides is 1. The number of anilines is 2. The van der Waals surface area contributed by atoms with Crippen LogP contribution in [0.15, 0.2) is 71.6 Å². The van der Waals surface area contributed by atoms with E-state index in [0.717, 1.165) is 62.8 Å². The molecule has 3 fully saturated rings. The first kappa shape index (κ1) is 36.8. The Morgan fingerprint density at radius 1 is 0.941 bits per heavy atom. The Hall–Kier alpha value is -4.02. The third kappa shape index (κ3) is 8.39. The molecule has 0 atom stereocenters. The van der Waals surface area contributed by atoms with Crippen LogP contribution in [0.4, 0.5) is 17.1 Å². The lowest BCUT2D eigenvalue weighted by Gasteiger charge is -2.36. The van der Waals surface area contributed by atoms with Gasteiger partial charge in [0.1, 0.15) is 5.69 Å². The number of nitro benzene ring substituents is 1. The molecule has 0 aromatic heterocycles. The van der Waals surface area contributed by atoms with Crippen molar-refractivity contribution in [2.75, 3.05) is 56.2 Å². The smallest absolute Gasteiger partial charge is 0.399 e. The van der Waals surface area contributed by atoms with Gasteiger partial charge in [0.2, 0.25) is 0 Å². The Balaban J connectivity index is 1.03. The Labute approximate surface area is 300 Å². The van der Waals surface area contributed by atoms with Crippen molar-refractivity contribution < 1.29 is 32.2 Å². The molecule has 0 bridgehead atoms. The number of hydrogen-bond donors (Lipinski definition) is 2. The maximum atomic E-state index is 13.1. The summed E-state index contributed by atoms with van der Waals surface area (Å²) < 4.78 is 46.3. The van der Waals surface area contributed by atoms with Crippen LogP contribution in [0.1, 0.15) is 56.5 Å². The molecule has 3 aromatic rings. The highest BCUT2D eigenvalue weighted by atomic mass is 32.2. The lowest BCUT2D eigenvalue weighted by atomic mass is 9.76. The average molecular weight is 720 g/mol. The van der Waals surface area contributed by atoms with Gasteiger partial charge in [0.05, 0.1) is 21.0 Å². The number of ether oxygens (including phenoxy) is 1. The number of piperazine rings is 1. The van der Waals surface area contributed by atoms with Crippen molar-refractivity contribution in [3.63, 3.8) is 0 Å². The van der Waals surface area contributed by atoms with Gasteiger partial charge in [0.15, 0.2) is 0 Å². The second-order valence-electron chi connectivity index (χ2n) is 14.4. The molecule has 6 rings (SSSR count). The molecule has 0 spiro atoms. The molecule has 272 valence electrons. The summed E-state index contributed by atoms with van der Waals surface area (Å²) in [7, 11) is -4.80. The van der Waals surface area contributed by atoms with Crippen LogP contribution < -0.4 is 20.4 Å². The molecule has 0 saturated carbocycles. The fraction of sp³-hybridized carbons (Fsp3) is 0.472. The zero-order chi connectivity index (χ0) is 36.4. The average Bonchev–Trinajstić information content (AvgIpc) is 3.33. The van der Waals surface area contributed by atoms with E-state index in [1.807, 2.05) is 12.1 Å². The first-order valence-corrected chi connectivity index (χ1v) is 18.9. The number of carbonyl (C=O) groups excluding carboxylic acids is 1. The van der Waals surface area contributed by atoms with Gasteiger partial charge >= 0.3 is 7.12 Å². The van der Waals surface area contributed by atoms with E-state index < -0.39 is 39.2 Å². The van der Waals surface area contributed by atoms with Crippen molar-refractivity contribution in [1.82, 2.24) is 9.62 Å². The van der Waals surface area contributed by atoms with Crippen molar-refractivity contribution >= 4 is 45.6 Å². The summed E-state index contributed by atoms with van der Waals surface area (Å²) >= 11 is 0. The number of nitrogens with zero attached hydrogens (tertiary/aromatic N) is 3. The van der Waals surface area contributed by atoms with Gasteiger partial charge in [-0.15, -0.1) is 0 Å². The summed E-state index contributed by atoms with van der Waals surface area (Å²) in [5, 5.41) is 14.9. The second kappa shape index (κ2) is 14.9.